The third-order valence-corrected chi connectivity index (χ3v) is 21.2. The van der Waals surface area contributed by atoms with Crippen LogP contribution >= 0.6 is 0 Å². The summed E-state index contributed by atoms with van der Waals surface area (Å²) < 4.78 is 48.8. The van der Waals surface area contributed by atoms with Crippen LogP contribution in [0.1, 0.15) is 216 Å². The lowest BCUT2D eigenvalue weighted by atomic mass is 9.81. The topological polar surface area (TPSA) is 294 Å². The van der Waals surface area contributed by atoms with E-state index in [0.29, 0.717) is 119 Å². The summed E-state index contributed by atoms with van der Waals surface area (Å²) in [5.74, 6) is -1.50. The van der Waals surface area contributed by atoms with Crippen molar-refractivity contribution in [3.8, 4) is 23.0 Å². The number of nitrogens with one attached hydrogen (secondary N) is 1. The Morgan fingerprint density at radius 2 is 1.20 bits per heavy atom. The summed E-state index contributed by atoms with van der Waals surface area (Å²) in [5, 5.41) is 32.8. The number of anilines is 1. The Hall–Kier alpha value is -9.19. The molecule has 2 fully saturated rings. The van der Waals surface area contributed by atoms with Crippen LogP contribution in [0.25, 0.3) is 0 Å². The summed E-state index contributed by atoms with van der Waals surface area (Å²) in [5.41, 5.74) is 14.8. The molecule has 0 radical (unpaired) electrons. The lowest BCUT2D eigenvalue weighted by Gasteiger charge is -2.27. The van der Waals surface area contributed by atoms with Gasteiger partial charge in [0.15, 0.2) is 32.5 Å². The average Bonchev–Trinajstić information content (AvgIpc) is 1.61. The van der Waals surface area contributed by atoms with Crippen molar-refractivity contribution in [1.29, 1.82) is 0 Å². The zero-order valence-electron chi connectivity index (χ0n) is 71.9. The number of allylic oxidation sites excluding steroid dienone is 6. The number of amides is 3. The van der Waals surface area contributed by atoms with Crippen molar-refractivity contribution < 1.29 is 110 Å². The number of carbonyl (C=O) groups is 5. The van der Waals surface area contributed by atoms with Crippen molar-refractivity contribution in [3.63, 3.8) is 0 Å². The maximum absolute atomic E-state index is 13.7. The maximum Gasteiger partial charge on any atom is 0.342 e. The molecular weight excluding hydrogens is 1640 g/mol. The van der Waals surface area contributed by atoms with E-state index in [2.05, 4.69) is 127 Å². The first-order chi connectivity index (χ1) is 57.1. The molecule has 6 aliphatic heterocycles. The Balaban J connectivity index is 0.000000389. The van der Waals surface area contributed by atoms with Gasteiger partial charge in [-0.1, -0.05) is 124 Å². The molecule has 2 saturated heterocycles. The molecule has 0 spiro atoms. The fourth-order valence-electron chi connectivity index (χ4n) is 15.0. The van der Waals surface area contributed by atoms with Gasteiger partial charge in [0.25, 0.3) is 11.8 Å². The van der Waals surface area contributed by atoms with Crippen LogP contribution in [0.5, 0.6) is 23.0 Å². The highest BCUT2D eigenvalue weighted by molar-refractivity contribution is 6.04. The van der Waals surface area contributed by atoms with Crippen molar-refractivity contribution in [1.82, 2.24) is 15.1 Å². The van der Waals surface area contributed by atoms with Gasteiger partial charge in [-0.2, -0.15) is 4.58 Å². The molecule has 10 rings (SSSR count). The van der Waals surface area contributed by atoms with Crippen molar-refractivity contribution >= 4 is 58.2 Å². The molecule has 4 aromatic rings. The highest BCUT2D eigenvalue weighted by Gasteiger charge is 2.43. The number of ether oxygens (including phenoxy) is 8. The fourth-order valence-corrected chi connectivity index (χ4v) is 15.0. The number of hydrogen-bond acceptors (Lipinski definition) is 21. The number of rotatable bonds is 30. The van der Waals surface area contributed by atoms with Crippen molar-refractivity contribution in [3.05, 3.63) is 179 Å². The second-order valence-electron chi connectivity index (χ2n) is 30.9. The van der Waals surface area contributed by atoms with E-state index in [1.54, 1.807) is 34.9 Å². The summed E-state index contributed by atoms with van der Waals surface area (Å²) in [4.78, 5) is 82.8. The number of hydrogen-bond donors (Lipinski definition) is 4. The average molecular weight is 1770 g/mol. The lowest BCUT2D eigenvalue weighted by Crippen LogP contribution is -3.00. The first-order valence-corrected chi connectivity index (χ1v) is 42.4. The number of esters is 2. The van der Waals surface area contributed by atoms with Crippen LogP contribution in [0.15, 0.2) is 156 Å². The molecule has 0 aliphatic carbocycles. The van der Waals surface area contributed by atoms with Crippen LogP contribution < -0.4 is 49.4 Å². The SMILES string of the molecule is C.CC.CCOCOc1cc2c(c(OCOCC)c1)C(=O)O[C@H](C)C/C=C/[C@@H](OCCCN)C/C=C/C(=NOCC(=O)N1CCCCC1)C2.C[C@@H]1C/C=C/[C@@H](OCCCNC(=O)CCCCN2/C(=C\C=C\C3=[N+](C)c4ccccc4C3(C)C)C(C)(C)c3ccccc32)C/C=C/C(=NOCC(=O)N2CCCCC2)Cc2cc(O)cc(O)c2C(=O)O1.[I-]. The third-order valence-electron chi connectivity index (χ3n) is 21.2. The largest absolute Gasteiger partial charge is 1.00 e. The molecule has 0 aromatic heterocycles. The van der Waals surface area contributed by atoms with Gasteiger partial charge in [-0.25, -0.2) is 9.59 Å². The number of cyclic esters (lactones) is 2. The zero-order valence-corrected chi connectivity index (χ0v) is 74.0. The number of aromatic hydroxyl groups is 2. The monoisotopic (exact) mass is 1770 g/mol. The summed E-state index contributed by atoms with van der Waals surface area (Å²) >= 11 is 0. The first-order valence-electron chi connectivity index (χ1n) is 42.4. The Bertz CT molecular complexity index is 4230. The van der Waals surface area contributed by atoms with Gasteiger partial charge in [-0.3, -0.25) is 14.4 Å². The van der Waals surface area contributed by atoms with E-state index >= 15 is 0 Å². The molecule has 0 saturated carbocycles. The molecule has 4 aromatic carbocycles. The molecular formula is C94H133IN8O17. The number of nitrogens with zero attached hydrogens (tertiary/aromatic N) is 6. The highest BCUT2D eigenvalue weighted by atomic mass is 127. The molecule has 5 N–H and O–H groups in total. The fraction of sp³-hybridized carbons (Fsp3) is 0.532. The van der Waals surface area contributed by atoms with Crippen molar-refractivity contribution in [2.45, 2.75) is 221 Å². The van der Waals surface area contributed by atoms with E-state index < -0.39 is 29.9 Å². The van der Waals surface area contributed by atoms with Crippen LogP contribution in [0.2, 0.25) is 0 Å². The van der Waals surface area contributed by atoms with Crippen LogP contribution in [0.3, 0.4) is 0 Å². The molecule has 4 atom stereocenters. The molecule has 6 aliphatic rings. The van der Waals surface area contributed by atoms with E-state index in [9.17, 15) is 34.2 Å². The molecule has 3 amide bonds. The summed E-state index contributed by atoms with van der Waals surface area (Å²) in [6, 6.07) is 23.1. The Labute approximate surface area is 729 Å². The minimum absolute atomic E-state index is 0. The molecule has 6 heterocycles. The summed E-state index contributed by atoms with van der Waals surface area (Å²) in [7, 11) is 2.15. The quantitative estimate of drug-likeness (QED) is 0.00717. The molecule has 120 heavy (non-hydrogen) atoms. The number of phenolic OH excluding ortho intramolecular Hbond substituents is 2. The van der Waals surface area contributed by atoms with Crippen molar-refractivity contribution in [2.75, 3.05) is 111 Å². The predicted octanol–water partition coefficient (Wildman–Crippen LogP) is 12.7. The minimum Gasteiger partial charge on any atom is -1.00 e. The number of oxime groups is 2. The number of carbonyl (C=O) groups excluding carboxylic acids is 5. The van der Waals surface area contributed by atoms with E-state index in [-0.39, 0.29) is 134 Å². The minimum atomic E-state index is -0.736. The Morgan fingerprint density at radius 3 is 1.77 bits per heavy atom. The zero-order chi connectivity index (χ0) is 84.8. The third kappa shape index (κ3) is 30.1. The molecule has 0 unspecified atom stereocenters. The number of unbranched alkanes of at least 4 members (excludes halogenated alkanes) is 1. The Kier molecular flexibility index (Phi) is 43.3. The van der Waals surface area contributed by atoms with Gasteiger partial charge < -0.3 is 108 Å². The standard InChI is InChI=1S/C57H71N5O8.C34H51N3O9.C2H6.CH4.HI/c1-40-20-16-22-44(23-17-21-42(59-69-39-53(66)61-32-13-7-14-33-61)36-41-37-43(63)38-49(64)54(41)55(67)70-40)68-35-19-31-58-52(65)30-12-15-34-62-48-27-11-9-25-46(48)57(4,5)51(62)29-18-28-50-56(2,3)45-24-8-10-26-47(45)60(50)6;1-4-40-24-43-30-21-27-20-28(36-45-23-32(38)37-17-7-6-8-18-37)13-10-15-29(42-19-11-16-35)14-9-12-26(3)46-34(39)33(27)31(22-30)44-25-41-5-2;1-2;;/h8-11,16-18,21-22,24-29,37-38,40,44H,7,12-15,19-20,23,30-36,39H2,1-6H3,(H2-,58,63,64,65,67);9-10,13-14,21-22,26,29H,4-8,11-12,15-20,23-25,35H2,1-3H3;1-2H3;1H4;1H/b21-17+,22-16+,59-42?;13-10+,14-9+,36-28?;;;/t40-,44-;26-,29-;;;/m11.../s1. The molecule has 658 valence electrons. The Morgan fingerprint density at radius 1 is 0.658 bits per heavy atom. The lowest BCUT2D eigenvalue weighted by molar-refractivity contribution is -0.401. The van der Waals surface area contributed by atoms with Gasteiger partial charge in [0.1, 0.15) is 53.4 Å². The van der Waals surface area contributed by atoms with E-state index in [4.69, 9.17) is 53.3 Å². The van der Waals surface area contributed by atoms with Crippen LogP contribution in [-0.2, 0) is 76.2 Å². The number of halogens is 1. The first kappa shape index (κ1) is 99.6. The highest BCUT2D eigenvalue weighted by Crippen LogP contribution is 2.48. The maximum atomic E-state index is 13.7. The summed E-state index contributed by atoms with van der Waals surface area (Å²) in [6.45, 7) is 26.5. The number of likely N-dealkylation sites (tertiary alicyclic amines) is 2. The van der Waals surface area contributed by atoms with Gasteiger partial charge in [0, 0.05) is 144 Å². The van der Waals surface area contributed by atoms with E-state index in [1.807, 2.05) is 77.2 Å². The second-order valence-corrected chi connectivity index (χ2v) is 30.9. The number of benzene rings is 4. The second kappa shape index (κ2) is 52.2. The number of phenols is 2. The van der Waals surface area contributed by atoms with Gasteiger partial charge >= 0.3 is 11.9 Å². The van der Waals surface area contributed by atoms with Crippen LogP contribution in [0, 0.1) is 0 Å². The number of fused-ring (bicyclic) bond motifs is 4. The molecule has 26 heteroatoms. The number of para-hydroxylation sites is 2. The van der Waals surface area contributed by atoms with Gasteiger partial charge in [-0.15, -0.1) is 0 Å². The smallest absolute Gasteiger partial charge is 0.342 e. The van der Waals surface area contributed by atoms with Crippen LogP contribution in [-0.4, -0.2) is 202 Å². The normalized spacial score (nSPS) is 21.2. The summed E-state index contributed by atoms with van der Waals surface area (Å²) in [6.07, 6.45) is 31.9. The molecule has 0 bridgehead atoms. The van der Waals surface area contributed by atoms with E-state index in [0.717, 1.165) is 83.5 Å². The van der Waals surface area contributed by atoms with Gasteiger partial charge in [-0.05, 0) is 178 Å². The molecule has 25 nitrogen and oxygen atoms in total. The number of nitrogens with two attached hydrogens (primary N) is 1. The van der Waals surface area contributed by atoms with Crippen LogP contribution in [0.4, 0.5) is 11.4 Å². The van der Waals surface area contributed by atoms with Crippen molar-refractivity contribution in [2.24, 2.45) is 16.0 Å². The number of piperidine rings is 2. The van der Waals surface area contributed by atoms with Gasteiger partial charge in [0.05, 0.1) is 29.0 Å². The van der Waals surface area contributed by atoms with Gasteiger partial charge in [0.2, 0.25) is 11.6 Å². The predicted molar refractivity (Wildman–Crippen MR) is 467 cm³/mol. The van der Waals surface area contributed by atoms with E-state index in [1.165, 1.54) is 40.0 Å².